The van der Waals surface area contributed by atoms with Crippen LogP contribution in [0, 0.1) is 0 Å². The molecule has 178 valence electrons. The summed E-state index contributed by atoms with van der Waals surface area (Å²) in [5.41, 5.74) is 2.23. The van der Waals surface area contributed by atoms with Crippen LogP contribution in [0.25, 0.3) is 11.3 Å². The van der Waals surface area contributed by atoms with Gasteiger partial charge in [0, 0.05) is 18.0 Å². The SMILES string of the molecule is CCOc1cncc(-c2ccc(NC(=O)[C@H](CC)c3cc(NS(=O)(=O)C4CC4)ccn3)nc2)n1. The Kier molecular flexibility index (Phi) is 7.01. The van der Waals surface area contributed by atoms with Gasteiger partial charge in [0.1, 0.15) is 5.82 Å². The number of hydrogen-bond donors (Lipinski definition) is 2. The molecular formula is C23H26N6O4S. The Hall–Kier alpha value is -3.60. The first-order valence-electron chi connectivity index (χ1n) is 11.1. The molecule has 0 aromatic carbocycles. The molecule has 34 heavy (non-hydrogen) atoms. The standard InChI is InChI=1S/C23H26N6O4S/c1-3-18(19-11-16(9-10-25-19)29-34(31,32)17-6-7-17)23(30)28-21-8-5-15(12-26-21)20-13-24-14-22(27-20)33-4-2/h5,8-14,17-18H,3-4,6-7H2,1-2H3,(H,25,29)(H,26,28,30)/t18-/m1/s1. The monoisotopic (exact) mass is 482 g/mol. The van der Waals surface area contributed by atoms with Gasteiger partial charge in [-0.05, 0) is 50.5 Å². The number of hydrogen-bond acceptors (Lipinski definition) is 8. The van der Waals surface area contributed by atoms with Crippen molar-refractivity contribution >= 4 is 27.4 Å². The van der Waals surface area contributed by atoms with Gasteiger partial charge in [0.25, 0.3) is 0 Å². The first-order valence-corrected chi connectivity index (χ1v) is 12.6. The molecule has 0 radical (unpaired) electrons. The van der Waals surface area contributed by atoms with Crippen molar-refractivity contribution in [2.45, 2.75) is 44.3 Å². The number of carbonyl (C=O) groups excluding carboxylic acids is 1. The molecular weight excluding hydrogens is 456 g/mol. The summed E-state index contributed by atoms with van der Waals surface area (Å²) >= 11 is 0. The minimum Gasteiger partial charge on any atom is -0.477 e. The second-order valence-corrected chi connectivity index (χ2v) is 9.83. The van der Waals surface area contributed by atoms with Gasteiger partial charge in [0.05, 0.1) is 47.2 Å². The van der Waals surface area contributed by atoms with Crippen LogP contribution in [-0.4, -0.2) is 46.1 Å². The Balaban J connectivity index is 1.45. The van der Waals surface area contributed by atoms with Crippen LogP contribution in [0.5, 0.6) is 5.88 Å². The summed E-state index contributed by atoms with van der Waals surface area (Å²) in [7, 11) is -3.40. The zero-order valence-corrected chi connectivity index (χ0v) is 19.7. The molecule has 3 aromatic heterocycles. The van der Waals surface area contributed by atoms with Crippen LogP contribution in [0.4, 0.5) is 11.5 Å². The number of anilines is 2. The number of carbonyl (C=O) groups is 1. The number of ether oxygens (including phenoxy) is 1. The van der Waals surface area contributed by atoms with Crippen molar-refractivity contribution in [1.29, 1.82) is 0 Å². The minimum atomic E-state index is -3.40. The topological polar surface area (TPSA) is 136 Å². The highest BCUT2D eigenvalue weighted by Gasteiger charge is 2.35. The van der Waals surface area contributed by atoms with Crippen molar-refractivity contribution in [3.05, 3.63) is 54.7 Å². The number of pyridine rings is 2. The molecule has 0 aliphatic heterocycles. The van der Waals surface area contributed by atoms with Crippen LogP contribution in [-0.2, 0) is 14.8 Å². The fourth-order valence-electron chi connectivity index (χ4n) is 3.39. The molecule has 0 bridgehead atoms. The summed E-state index contributed by atoms with van der Waals surface area (Å²) in [4.78, 5) is 30.1. The van der Waals surface area contributed by atoms with Crippen LogP contribution in [0.2, 0.25) is 0 Å². The zero-order valence-electron chi connectivity index (χ0n) is 18.9. The number of aromatic nitrogens is 4. The van der Waals surface area contributed by atoms with Gasteiger partial charge in [-0.2, -0.15) is 0 Å². The fourth-order valence-corrected chi connectivity index (χ4v) is 4.77. The summed E-state index contributed by atoms with van der Waals surface area (Å²) in [6.45, 7) is 4.23. The van der Waals surface area contributed by atoms with Gasteiger partial charge in [-0.25, -0.2) is 18.4 Å². The van der Waals surface area contributed by atoms with Gasteiger partial charge in [0.2, 0.25) is 21.8 Å². The summed E-state index contributed by atoms with van der Waals surface area (Å²) in [6.07, 6.45) is 8.08. The third-order valence-electron chi connectivity index (χ3n) is 5.30. The van der Waals surface area contributed by atoms with Gasteiger partial charge in [-0.3, -0.25) is 19.5 Å². The molecule has 10 nitrogen and oxygen atoms in total. The Morgan fingerprint density at radius 1 is 1.15 bits per heavy atom. The molecule has 4 rings (SSSR count). The Bertz CT molecular complexity index is 1260. The third-order valence-corrected chi connectivity index (χ3v) is 7.17. The maximum Gasteiger partial charge on any atom is 0.235 e. The van der Waals surface area contributed by atoms with Gasteiger partial charge in [-0.15, -0.1) is 0 Å². The van der Waals surface area contributed by atoms with Crippen LogP contribution in [0.15, 0.2) is 49.1 Å². The minimum absolute atomic E-state index is 0.282. The van der Waals surface area contributed by atoms with Gasteiger partial charge >= 0.3 is 0 Å². The van der Waals surface area contributed by atoms with E-state index in [1.54, 1.807) is 42.9 Å². The van der Waals surface area contributed by atoms with Crippen LogP contribution in [0.3, 0.4) is 0 Å². The average molecular weight is 483 g/mol. The molecule has 3 aromatic rings. The number of rotatable bonds is 10. The first-order chi connectivity index (χ1) is 16.4. The molecule has 3 heterocycles. The molecule has 2 N–H and O–H groups in total. The summed E-state index contributed by atoms with van der Waals surface area (Å²) in [6, 6.07) is 6.66. The van der Waals surface area contributed by atoms with E-state index in [2.05, 4.69) is 30.0 Å². The van der Waals surface area contributed by atoms with E-state index in [4.69, 9.17) is 4.74 Å². The van der Waals surface area contributed by atoms with Crippen molar-refractivity contribution in [3.8, 4) is 17.1 Å². The highest BCUT2D eigenvalue weighted by Crippen LogP contribution is 2.30. The van der Waals surface area contributed by atoms with Crippen molar-refractivity contribution in [1.82, 2.24) is 19.9 Å². The van der Waals surface area contributed by atoms with E-state index >= 15 is 0 Å². The lowest BCUT2D eigenvalue weighted by Crippen LogP contribution is -2.22. The molecule has 0 unspecified atom stereocenters. The van der Waals surface area contributed by atoms with E-state index in [0.717, 1.165) is 5.56 Å². The summed E-state index contributed by atoms with van der Waals surface area (Å²) < 4.78 is 32.4. The van der Waals surface area contributed by atoms with Crippen molar-refractivity contribution < 1.29 is 17.9 Å². The number of nitrogens with one attached hydrogen (secondary N) is 2. The molecule has 0 spiro atoms. The van der Waals surface area contributed by atoms with Gasteiger partial charge in [0.15, 0.2) is 0 Å². The third kappa shape index (κ3) is 5.66. The lowest BCUT2D eigenvalue weighted by atomic mass is 10.0. The molecule has 1 saturated carbocycles. The van der Waals surface area contributed by atoms with Crippen molar-refractivity contribution in [2.24, 2.45) is 0 Å². The highest BCUT2D eigenvalue weighted by molar-refractivity contribution is 7.93. The zero-order chi connectivity index (χ0) is 24.1. The Labute approximate surface area is 198 Å². The first kappa shape index (κ1) is 23.6. The lowest BCUT2D eigenvalue weighted by Gasteiger charge is -2.16. The summed E-state index contributed by atoms with van der Waals surface area (Å²) in [5.74, 6) is -0.0415. The molecule has 0 saturated heterocycles. The molecule has 1 fully saturated rings. The van der Waals surface area contributed by atoms with Gasteiger partial charge < -0.3 is 10.1 Å². The smallest absolute Gasteiger partial charge is 0.235 e. The average Bonchev–Trinajstić information content (AvgIpc) is 3.67. The van der Waals surface area contributed by atoms with Crippen LogP contribution in [0.1, 0.15) is 44.7 Å². The Morgan fingerprint density at radius 3 is 2.65 bits per heavy atom. The molecule has 1 amide bonds. The van der Waals surface area contributed by atoms with Crippen LogP contribution < -0.4 is 14.8 Å². The predicted octanol–water partition coefficient (Wildman–Crippen LogP) is 3.37. The quantitative estimate of drug-likeness (QED) is 0.449. The van der Waals surface area contributed by atoms with E-state index in [1.807, 2.05) is 13.8 Å². The predicted molar refractivity (Wildman–Crippen MR) is 128 cm³/mol. The van der Waals surface area contributed by atoms with Gasteiger partial charge in [-0.1, -0.05) is 6.92 Å². The maximum atomic E-state index is 13.0. The maximum absolute atomic E-state index is 13.0. The second-order valence-electron chi connectivity index (χ2n) is 7.87. The second kappa shape index (κ2) is 10.1. The number of amides is 1. The normalized spacial score (nSPS) is 14.3. The van der Waals surface area contributed by atoms with E-state index < -0.39 is 15.9 Å². The lowest BCUT2D eigenvalue weighted by molar-refractivity contribution is -0.117. The Morgan fingerprint density at radius 2 is 1.97 bits per heavy atom. The number of sulfonamides is 1. The van der Waals surface area contributed by atoms with E-state index in [0.29, 0.717) is 54.6 Å². The van der Waals surface area contributed by atoms with E-state index in [1.165, 1.54) is 6.20 Å². The fraction of sp³-hybridized carbons (Fsp3) is 0.348. The van der Waals surface area contributed by atoms with Crippen LogP contribution >= 0.6 is 0 Å². The molecule has 1 aliphatic rings. The van der Waals surface area contributed by atoms with E-state index in [-0.39, 0.29) is 11.2 Å². The van der Waals surface area contributed by atoms with E-state index in [9.17, 15) is 13.2 Å². The van der Waals surface area contributed by atoms with Crippen molar-refractivity contribution in [3.63, 3.8) is 0 Å². The van der Waals surface area contributed by atoms with Crippen molar-refractivity contribution in [2.75, 3.05) is 16.6 Å². The summed E-state index contributed by atoms with van der Waals surface area (Å²) in [5, 5.41) is 2.47. The molecule has 1 atom stereocenters. The molecule has 11 heteroatoms. The number of nitrogens with zero attached hydrogens (tertiary/aromatic N) is 4. The largest absolute Gasteiger partial charge is 0.477 e. The highest BCUT2D eigenvalue weighted by atomic mass is 32.2. The molecule has 1 aliphatic carbocycles.